The minimum Gasteiger partial charge on any atom is -0.319 e. The number of rotatable bonds is 8. The zero-order chi connectivity index (χ0) is 25.8. The summed E-state index contributed by atoms with van der Waals surface area (Å²) in [4.78, 5) is 24.0. The van der Waals surface area contributed by atoms with Gasteiger partial charge in [0.25, 0.3) is 5.91 Å². The Morgan fingerprint density at radius 3 is 2.51 bits per heavy atom. The normalized spacial score (nSPS) is 11.2. The summed E-state index contributed by atoms with van der Waals surface area (Å²) in [5.74, 6) is -0.558. The van der Waals surface area contributed by atoms with Crippen LogP contribution in [0.15, 0.2) is 79.3 Å². The van der Waals surface area contributed by atoms with Crippen LogP contribution in [0.1, 0.15) is 27.3 Å². The monoisotopic (exact) mass is 494 g/mol. The van der Waals surface area contributed by atoms with Crippen LogP contribution in [0.4, 0.5) is 10.1 Å². The maximum atomic E-state index is 13.1. The van der Waals surface area contributed by atoms with Crippen LogP contribution in [-0.2, 0) is 19.4 Å². The highest BCUT2D eigenvalue weighted by atomic mass is 19.1. The average molecular weight is 495 g/mol. The largest absolute Gasteiger partial charge is 0.319 e. The summed E-state index contributed by atoms with van der Waals surface area (Å²) >= 11 is 0. The van der Waals surface area contributed by atoms with E-state index in [-0.39, 0.29) is 11.7 Å². The number of nitrogens with one attached hydrogen (secondary N) is 2. The molecule has 37 heavy (non-hydrogen) atoms. The van der Waals surface area contributed by atoms with Gasteiger partial charge in [-0.3, -0.25) is 19.9 Å². The lowest BCUT2D eigenvalue weighted by Crippen LogP contribution is -2.13. The zero-order valence-corrected chi connectivity index (χ0v) is 20.7. The minimum absolute atomic E-state index is 0.242. The molecule has 0 spiro atoms. The van der Waals surface area contributed by atoms with Crippen LogP contribution >= 0.6 is 0 Å². The SMILES string of the molecule is CN(C)Cc1cncc(-c2ccc3[nH]nc(C(=O)Nc4ccc(CCc5ccc(F)cc5)nc4)c3c2)c1. The third-order valence-electron chi connectivity index (χ3n) is 6.07. The van der Waals surface area contributed by atoms with Gasteiger partial charge in [0.05, 0.1) is 17.4 Å². The van der Waals surface area contributed by atoms with E-state index in [1.165, 1.54) is 12.1 Å². The number of hydrogen-bond acceptors (Lipinski definition) is 5. The van der Waals surface area contributed by atoms with E-state index in [0.717, 1.165) is 58.2 Å². The lowest BCUT2D eigenvalue weighted by atomic mass is 10.0. The highest BCUT2D eigenvalue weighted by molar-refractivity contribution is 6.11. The zero-order valence-electron chi connectivity index (χ0n) is 20.7. The van der Waals surface area contributed by atoms with Gasteiger partial charge in [-0.1, -0.05) is 18.2 Å². The molecular weight excluding hydrogens is 467 g/mol. The number of anilines is 1. The van der Waals surface area contributed by atoms with Crippen LogP contribution < -0.4 is 5.32 Å². The molecule has 5 aromatic rings. The molecule has 0 aliphatic heterocycles. The second kappa shape index (κ2) is 10.7. The van der Waals surface area contributed by atoms with Gasteiger partial charge in [0.15, 0.2) is 5.69 Å². The molecule has 0 saturated carbocycles. The molecule has 2 aromatic carbocycles. The topological polar surface area (TPSA) is 86.8 Å². The first kappa shape index (κ1) is 24.3. The molecule has 186 valence electrons. The van der Waals surface area contributed by atoms with Gasteiger partial charge in [-0.05, 0) is 86.1 Å². The van der Waals surface area contributed by atoms with E-state index in [2.05, 4.69) is 36.4 Å². The third kappa shape index (κ3) is 5.87. The van der Waals surface area contributed by atoms with Crippen molar-refractivity contribution in [2.24, 2.45) is 0 Å². The number of pyridine rings is 2. The Morgan fingerprint density at radius 2 is 1.76 bits per heavy atom. The van der Waals surface area contributed by atoms with Crippen molar-refractivity contribution in [2.45, 2.75) is 19.4 Å². The predicted octanol–water partition coefficient (Wildman–Crippen LogP) is 5.26. The highest BCUT2D eigenvalue weighted by Crippen LogP contribution is 2.26. The second-order valence-corrected chi connectivity index (χ2v) is 9.27. The molecule has 7 nitrogen and oxygen atoms in total. The summed E-state index contributed by atoms with van der Waals surface area (Å²) in [7, 11) is 4.04. The molecule has 0 unspecified atom stereocenters. The van der Waals surface area contributed by atoms with Crippen LogP contribution in [0, 0.1) is 5.82 Å². The Balaban J connectivity index is 1.29. The summed E-state index contributed by atoms with van der Waals surface area (Å²) < 4.78 is 13.1. The van der Waals surface area contributed by atoms with Gasteiger partial charge < -0.3 is 10.2 Å². The van der Waals surface area contributed by atoms with Crippen molar-refractivity contribution < 1.29 is 9.18 Å². The van der Waals surface area contributed by atoms with Gasteiger partial charge in [0.1, 0.15) is 5.82 Å². The number of nitrogens with zero attached hydrogens (tertiary/aromatic N) is 4. The molecule has 3 heterocycles. The fourth-order valence-corrected chi connectivity index (χ4v) is 4.22. The summed E-state index contributed by atoms with van der Waals surface area (Å²) in [5, 5.41) is 10.8. The number of H-pyrrole nitrogens is 1. The number of aromatic amines is 1. The number of amides is 1. The molecule has 0 aliphatic rings. The number of aryl methyl sites for hydroxylation is 2. The van der Waals surface area contributed by atoms with Gasteiger partial charge in [-0.25, -0.2) is 4.39 Å². The maximum Gasteiger partial charge on any atom is 0.276 e. The van der Waals surface area contributed by atoms with Gasteiger partial charge in [0, 0.05) is 35.6 Å². The number of aromatic nitrogens is 4. The standard InChI is InChI=1S/C29H27FN6O/c1-36(2)18-20-13-22(16-31-15-20)21-6-12-27-26(14-21)28(35-34-27)29(37)33-25-11-10-24(32-17-25)9-5-19-3-7-23(30)8-4-19/h3-4,6-8,10-17H,5,9,18H2,1-2H3,(H,33,37)(H,34,35). The fourth-order valence-electron chi connectivity index (χ4n) is 4.22. The summed E-state index contributed by atoms with van der Waals surface area (Å²) in [6.07, 6.45) is 6.80. The number of halogens is 1. The van der Waals surface area contributed by atoms with Gasteiger partial charge in [0.2, 0.25) is 0 Å². The van der Waals surface area contributed by atoms with Gasteiger partial charge in [-0.15, -0.1) is 0 Å². The van der Waals surface area contributed by atoms with Crippen molar-refractivity contribution in [1.29, 1.82) is 0 Å². The van der Waals surface area contributed by atoms with Crippen LogP contribution in [0.25, 0.3) is 22.0 Å². The number of carbonyl (C=O) groups is 1. The molecule has 3 aromatic heterocycles. The van der Waals surface area contributed by atoms with Gasteiger partial charge in [-0.2, -0.15) is 5.10 Å². The molecule has 0 bridgehead atoms. The van der Waals surface area contributed by atoms with Crippen molar-refractivity contribution in [2.75, 3.05) is 19.4 Å². The smallest absolute Gasteiger partial charge is 0.276 e. The summed E-state index contributed by atoms with van der Waals surface area (Å²) in [6.45, 7) is 0.793. The number of fused-ring (bicyclic) bond motifs is 1. The van der Waals surface area contributed by atoms with E-state index in [0.29, 0.717) is 11.4 Å². The molecule has 0 aliphatic carbocycles. The molecule has 1 amide bonds. The second-order valence-electron chi connectivity index (χ2n) is 9.27. The summed E-state index contributed by atoms with van der Waals surface area (Å²) in [6, 6.07) is 18.2. The Labute approximate surface area is 214 Å². The van der Waals surface area contributed by atoms with Crippen LogP contribution in [0.5, 0.6) is 0 Å². The van der Waals surface area contributed by atoms with E-state index >= 15 is 0 Å². The number of carbonyl (C=O) groups excluding carboxylic acids is 1. The number of hydrogen-bond donors (Lipinski definition) is 2. The maximum absolute atomic E-state index is 13.1. The average Bonchev–Trinajstić information content (AvgIpc) is 3.32. The first-order valence-electron chi connectivity index (χ1n) is 12.0. The molecular formula is C29H27FN6O. The van der Waals surface area contributed by atoms with E-state index in [1.807, 2.05) is 56.8 Å². The quantitative estimate of drug-likeness (QED) is 0.307. The lowest BCUT2D eigenvalue weighted by molar-refractivity contribution is 0.102. The number of benzene rings is 2. The molecule has 5 rings (SSSR count). The third-order valence-corrected chi connectivity index (χ3v) is 6.07. The van der Waals surface area contributed by atoms with Gasteiger partial charge >= 0.3 is 0 Å². The van der Waals surface area contributed by atoms with Crippen molar-refractivity contribution in [1.82, 2.24) is 25.1 Å². The van der Waals surface area contributed by atoms with Crippen molar-refractivity contribution in [3.63, 3.8) is 0 Å². The molecule has 0 saturated heterocycles. The molecule has 2 N–H and O–H groups in total. The van der Waals surface area contributed by atoms with Crippen molar-refractivity contribution in [3.8, 4) is 11.1 Å². The van der Waals surface area contributed by atoms with Crippen molar-refractivity contribution in [3.05, 3.63) is 108 Å². The van der Waals surface area contributed by atoms with E-state index in [1.54, 1.807) is 18.3 Å². The Kier molecular flexibility index (Phi) is 7.00. The highest BCUT2D eigenvalue weighted by Gasteiger charge is 2.16. The van der Waals surface area contributed by atoms with E-state index < -0.39 is 0 Å². The van der Waals surface area contributed by atoms with Crippen molar-refractivity contribution >= 4 is 22.5 Å². The first-order valence-corrected chi connectivity index (χ1v) is 12.0. The molecule has 0 radical (unpaired) electrons. The molecule has 0 atom stereocenters. The molecule has 0 fully saturated rings. The lowest BCUT2D eigenvalue weighted by Gasteiger charge is -2.10. The first-order chi connectivity index (χ1) is 17.9. The predicted molar refractivity (Wildman–Crippen MR) is 143 cm³/mol. The van der Waals surface area contributed by atoms with E-state index in [4.69, 9.17) is 0 Å². The van der Waals surface area contributed by atoms with Crippen LogP contribution in [0.3, 0.4) is 0 Å². The summed E-state index contributed by atoms with van der Waals surface area (Å²) in [5.41, 5.74) is 6.67. The van der Waals surface area contributed by atoms with Crippen LogP contribution in [-0.4, -0.2) is 45.1 Å². The van der Waals surface area contributed by atoms with Crippen LogP contribution in [0.2, 0.25) is 0 Å². The fraction of sp³-hybridized carbons (Fsp3) is 0.172. The minimum atomic E-state index is -0.316. The Morgan fingerprint density at radius 1 is 0.919 bits per heavy atom. The molecule has 8 heteroatoms. The van der Waals surface area contributed by atoms with E-state index in [9.17, 15) is 9.18 Å². The Hall–Kier alpha value is -4.43. The Bertz CT molecular complexity index is 1530.